The first-order valence-corrected chi connectivity index (χ1v) is 23.7. The third-order valence-electron chi connectivity index (χ3n) is 14.1. The van der Waals surface area contributed by atoms with Crippen molar-refractivity contribution in [1.82, 2.24) is 0 Å². The molecule has 0 spiro atoms. The molecule has 2 unspecified atom stereocenters. The summed E-state index contributed by atoms with van der Waals surface area (Å²) in [6.45, 7) is 4.66. The second-order valence-corrected chi connectivity index (χ2v) is 18.8. The summed E-state index contributed by atoms with van der Waals surface area (Å²) in [6, 6.07) is 72.4. The van der Waals surface area contributed by atoms with Gasteiger partial charge < -0.3 is 4.42 Å². The first-order chi connectivity index (χ1) is 31.6. The molecule has 2 aromatic heterocycles. The molecule has 9 aromatic carbocycles. The Bertz CT molecular complexity index is 3550. The van der Waals surface area contributed by atoms with Gasteiger partial charge in [0.2, 0.25) is 0 Å². The first-order valence-electron chi connectivity index (χ1n) is 22.9. The van der Waals surface area contributed by atoms with Gasteiger partial charge in [0.15, 0.2) is 0 Å². The minimum Gasteiger partial charge on any atom is -0.456 e. The van der Waals surface area contributed by atoms with Crippen LogP contribution in [0.1, 0.15) is 65.0 Å². The smallest absolute Gasteiger partial charge is 0.135 e. The van der Waals surface area contributed by atoms with Crippen molar-refractivity contribution in [3.63, 3.8) is 0 Å². The summed E-state index contributed by atoms with van der Waals surface area (Å²) in [5.74, 6) is 0.726. The molecule has 2 heterocycles. The van der Waals surface area contributed by atoms with E-state index in [-0.39, 0.29) is 0 Å². The lowest BCUT2D eigenvalue weighted by Crippen LogP contribution is -2.04. The molecule has 0 fully saturated rings. The summed E-state index contributed by atoms with van der Waals surface area (Å²) in [5, 5.41) is 5.01. The van der Waals surface area contributed by atoms with Crippen molar-refractivity contribution in [3.8, 4) is 44.5 Å². The highest BCUT2D eigenvalue weighted by molar-refractivity contribution is 7.26. The van der Waals surface area contributed by atoms with Gasteiger partial charge in [-0.2, -0.15) is 0 Å². The van der Waals surface area contributed by atoms with Gasteiger partial charge in [-0.1, -0.05) is 165 Å². The summed E-state index contributed by atoms with van der Waals surface area (Å²) in [4.78, 5) is 0. The van der Waals surface area contributed by atoms with Crippen molar-refractivity contribution >= 4 is 53.4 Å². The highest BCUT2D eigenvalue weighted by Gasteiger charge is 2.30. The number of fused-ring (bicyclic) bond motifs is 9. The predicted molar refractivity (Wildman–Crippen MR) is 273 cm³/mol. The number of benzene rings is 9. The zero-order valence-electron chi connectivity index (χ0n) is 36.3. The lowest BCUT2D eigenvalue weighted by atomic mass is 9.84. The van der Waals surface area contributed by atoms with Crippen LogP contribution in [0.3, 0.4) is 0 Å². The molecule has 0 bridgehead atoms. The van der Waals surface area contributed by atoms with Gasteiger partial charge in [0, 0.05) is 36.9 Å². The van der Waals surface area contributed by atoms with Crippen molar-refractivity contribution in [2.24, 2.45) is 0 Å². The fourth-order valence-electron chi connectivity index (χ4n) is 10.9. The molecule has 0 saturated heterocycles. The molecule has 1 nitrogen and oxygen atoms in total. The van der Waals surface area contributed by atoms with Gasteiger partial charge in [0.25, 0.3) is 0 Å². The molecule has 308 valence electrons. The Morgan fingerprint density at radius 1 is 0.516 bits per heavy atom. The average Bonchev–Trinajstić information content (AvgIpc) is 4.02. The molecule has 2 heteroatoms. The van der Waals surface area contributed by atoms with E-state index in [0.717, 1.165) is 42.2 Å². The second kappa shape index (κ2) is 16.0. The van der Waals surface area contributed by atoms with Crippen molar-refractivity contribution < 1.29 is 4.42 Å². The zero-order chi connectivity index (χ0) is 42.7. The van der Waals surface area contributed by atoms with Gasteiger partial charge in [0.1, 0.15) is 11.2 Å². The number of hydrogen-bond donors (Lipinski definition) is 0. The van der Waals surface area contributed by atoms with Crippen LogP contribution in [0.2, 0.25) is 0 Å². The summed E-state index contributed by atoms with van der Waals surface area (Å²) in [7, 11) is 0. The van der Waals surface area contributed by atoms with E-state index >= 15 is 0 Å². The van der Waals surface area contributed by atoms with Crippen molar-refractivity contribution in [1.29, 1.82) is 0 Å². The SMILES string of the molecule is CCC(Cc1ccccc1-c1ccc(-c2cccc3c2-c2ccccc2C3CCc2ccccc2)cc1C)c1cc(-c2ccc3oc4ccccc4c3c2)c2sc3ccccc3c2c1. The Hall–Kier alpha value is -7.00. The molecule has 1 aliphatic rings. The molecule has 0 saturated carbocycles. The van der Waals surface area contributed by atoms with Gasteiger partial charge >= 0.3 is 0 Å². The summed E-state index contributed by atoms with van der Waals surface area (Å²) in [6.07, 6.45) is 4.16. The van der Waals surface area contributed by atoms with Crippen molar-refractivity contribution in [3.05, 3.63) is 228 Å². The number of aryl methyl sites for hydroxylation is 2. The molecule has 0 radical (unpaired) electrons. The van der Waals surface area contributed by atoms with Crippen molar-refractivity contribution in [2.45, 2.75) is 51.4 Å². The third-order valence-corrected chi connectivity index (χ3v) is 15.3. The lowest BCUT2D eigenvalue weighted by molar-refractivity contribution is 0.662. The molecule has 11 aromatic rings. The van der Waals surface area contributed by atoms with E-state index < -0.39 is 0 Å². The number of thiophene rings is 1. The van der Waals surface area contributed by atoms with Gasteiger partial charge in [0.05, 0.1) is 0 Å². The van der Waals surface area contributed by atoms with Crippen LogP contribution in [-0.2, 0) is 12.8 Å². The highest BCUT2D eigenvalue weighted by Crippen LogP contribution is 2.51. The normalized spacial score (nSPS) is 13.8. The molecular weight excluding hydrogens is 793 g/mol. The molecule has 0 amide bonds. The van der Waals surface area contributed by atoms with Crippen LogP contribution in [0, 0.1) is 6.92 Å². The fraction of sp³-hybridized carbons (Fsp3) is 0.129. The second-order valence-electron chi connectivity index (χ2n) is 17.8. The lowest BCUT2D eigenvalue weighted by Gasteiger charge is -2.21. The van der Waals surface area contributed by atoms with Crippen LogP contribution < -0.4 is 0 Å². The monoisotopic (exact) mass is 840 g/mol. The first kappa shape index (κ1) is 38.7. The average molecular weight is 841 g/mol. The van der Waals surface area contributed by atoms with E-state index in [1.165, 1.54) is 103 Å². The molecular formula is C62H48OS. The van der Waals surface area contributed by atoms with E-state index in [0.29, 0.717) is 11.8 Å². The van der Waals surface area contributed by atoms with E-state index in [1.807, 2.05) is 17.4 Å². The predicted octanol–water partition coefficient (Wildman–Crippen LogP) is 17.7. The van der Waals surface area contributed by atoms with Crippen LogP contribution in [0.5, 0.6) is 0 Å². The Morgan fingerprint density at radius 3 is 2.09 bits per heavy atom. The van der Waals surface area contributed by atoms with E-state index in [4.69, 9.17) is 4.42 Å². The Morgan fingerprint density at radius 2 is 1.22 bits per heavy atom. The minimum atomic E-state index is 0.336. The molecule has 1 aliphatic carbocycles. The molecule has 12 rings (SSSR count). The highest BCUT2D eigenvalue weighted by atomic mass is 32.1. The Balaban J connectivity index is 0.903. The minimum absolute atomic E-state index is 0.336. The molecule has 0 aliphatic heterocycles. The standard InChI is InChI=1S/C62H48OS/c1-3-41(45-37-55(62-57(38-45)52-22-12-14-27-60(52)64-62)44-30-33-59-56(36-44)51-21-11-13-26-58(51)63-59)35-42-18-7-8-19-47(42)46-32-29-43(34-39(46)2)48-24-15-25-54-50(31-28-40-16-5-4-6-17-40)49-20-9-10-23-53(49)61(48)54/h4-27,29-30,32-34,36-38,41,50H,3,28,31,35H2,1-2H3. The maximum atomic E-state index is 6.27. The van der Waals surface area contributed by atoms with Crippen LogP contribution in [-0.4, -0.2) is 0 Å². The topological polar surface area (TPSA) is 13.1 Å². The number of rotatable bonds is 10. The van der Waals surface area contributed by atoms with Crippen LogP contribution >= 0.6 is 11.3 Å². The number of para-hydroxylation sites is 1. The van der Waals surface area contributed by atoms with Crippen LogP contribution in [0.25, 0.3) is 86.6 Å². The number of furan rings is 1. The Labute approximate surface area is 379 Å². The van der Waals surface area contributed by atoms with Crippen molar-refractivity contribution in [2.75, 3.05) is 0 Å². The third kappa shape index (κ3) is 6.59. The summed E-state index contributed by atoms with van der Waals surface area (Å²) < 4.78 is 8.94. The maximum absolute atomic E-state index is 6.27. The Kier molecular flexibility index (Phi) is 9.64. The summed E-state index contributed by atoms with van der Waals surface area (Å²) >= 11 is 1.91. The molecule has 2 atom stereocenters. The van der Waals surface area contributed by atoms with Crippen LogP contribution in [0.4, 0.5) is 0 Å². The largest absolute Gasteiger partial charge is 0.456 e. The summed E-state index contributed by atoms with van der Waals surface area (Å²) in [5.41, 5.74) is 20.9. The van der Waals surface area contributed by atoms with E-state index in [9.17, 15) is 0 Å². The van der Waals surface area contributed by atoms with Gasteiger partial charge in [-0.15, -0.1) is 11.3 Å². The van der Waals surface area contributed by atoms with Gasteiger partial charge in [-0.05, 0) is 153 Å². The maximum Gasteiger partial charge on any atom is 0.135 e. The number of hydrogen-bond acceptors (Lipinski definition) is 2. The van der Waals surface area contributed by atoms with E-state index in [2.05, 4.69) is 202 Å². The molecule has 0 N–H and O–H groups in total. The van der Waals surface area contributed by atoms with Gasteiger partial charge in [-0.25, -0.2) is 0 Å². The van der Waals surface area contributed by atoms with Crippen LogP contribution in [0.15, 0.2) is 199 Å². The van der Waals surface area contributed by atoms with E-state index in [1.54, 1.807) is 0 Å². The van der Waals surface area contributed by atoms with Gasteiger partial charge in [-0.3, -0.25) is 0 Å². The zero-order valence-corrected chi connectivity index (χ0v) is 37.1. The molecule has 64 heavy (non-hydrogen) atoms. The quantitative estimate of drug-likeness (QED) is 0.134. The fourth-order valence-corrected chi connectivity index (χ4v) is 12.1.